The first-order chi connectivity index (χ1) is 16.6. The summed E-state index contributed by atoms with van der Waals surface area (Å²) in [6, 6.07) is 9.76. The van der Waals surface area contributed by atoms with Gasteiger partial charge in [-0.15, -0.1) is 0 Å². The summed E-state index contributed by atoms with van der Waals surface area (Å²) < 4.78 is 44.8. The molecule has 0 bridgehead atoms. The molecule has 4 heterocycles. The van der Waals surface area contributed by atoms with Crippen molar-refractivity contribution >= 4 is 22.7 Å². The van der Waals surface area contributed by atoms with Crippen LogP contribution < -0.4 is 20.4 Å². The maximum Gasteiger partial charge on any atom is 0.266 e. The van der Waals surface area contributed by atoms with Gasteiger partial charge in [0.15, 0.2) is 6.23 Å². The molecule has 3 aliphatic heterocycles. The molecule has 10 heteroatoms. The zero-order chi connectivity index (χ0) is 24.6. The highest BCUT2D eigenvalue weighted by Gasteiger charge is 2.45. The Balaban J connectivity index is 1.44. The number of aromatic nitrogens is 2. The number of fused-ring (bicyclic) bond motifs is 2. The smallest absolute Gasteiger partial charge is 0.266 e. The second kappa shape index (κ2) is 7.55. The minimum absolute atomic E-state index is 0.0751. The SMILES string of the molecule is Cc1nn(C)c2c1C(O)N(c1ccc3c(c1)NC(C)N3)C2c1ccc(N2CCC(F)(F)C2)cc1F. The van der Waals surface area contributed by atoms with E-state index >= 15 is 4.39 Å². The Labute approximate surface area is 201 Å². The summed E-state index contributed by atoms with van der Waals surface area (Å²) >= 11 is 0. The van der Waals surface area contributed by atoms with E-state index in [0.29, 0.717) is 28.2 Å². The lowest BCUT2D eigenvalue weighted by Crippen LogP contribution is -2.29. The number of alkyl halides is 2. The molecule has 0 aliphatic carbocycles. The molecule has 2 aromatic carbocycles. The third-order valence-corrected chi connectivity index (χ3v) is 7.23. The number of benzene rings is 2. The average Bonchev–Trinajstić information content (AvgIpc) is 3.50. The molecule has 3 atom stereocenters. The molecule has 3 unspecified atom stereocenters. The Kier molecular flexibility index (Phi) is 4.76. The number of nitrogens with one attached hydrogen (secondary N) is 2. The molecule has 6 rings (SSSR count). The van der Waals surface area contributed by atoms with E-state index in [2.05, 4.69) is 15.7 Å². The molecule has 184 valence electrons. The molecule has 0 radical (unpaired) electrons. The first-order valence-electron chi connectivity index (χ1n) is 11.7. The van der Waals surface area contributed by atoms with Gasteiger partial charge in [0.1, 0.15) is 11.9 Å². The molecule has 1 saturated heterocycles. The van der Waals surface area contributed by atoms with E-state index in [-0.39, 0.29) is 19.1 Å². The number of hydrogen-bond donors (Lipinski definition) is 3. The van der Waals surface area contributed by atoms with Gasteiger partial charge < -0.3 is 25.5 Å². The summed E-state index contributed by atoms with van der Waals surface area (Å²) in [4.78, 5) is 3.29. The van der Waals surface area contributed by atoms with E-state index in [9.17, 15) is 13.9 Å². The molecule has 3 aliphatic rings. The van der Waals surface area contributed by atoms with Crippen LogP contribution in [0, 0.1) is 12.7 Å². The van der Waals surface area contributed by atoms with Gasteiger partial charge in [0.2, 0.25) is 0 Å². The van der Waals surface area contributed by atoms with Crippen LogP contribution in [0.15, 0.2) is 36.4 Å². The highest BCUT2D eigenvalue weighted by Crippen LogP contribution is 2.50. The molecule has 3 aromatic rings. The Hall–Kier alpha value is -3.40. The number of aryl methyl sites for hydroxylation is 2. The minimum atomic E-state index is -2.77. The molecular weight excluding hydrogens is 457 g/mol. The molecule has 3 N–H and O–H groups in total. The fourth-order valence-corrected chi connectivity index (χ4v) is 5.67. The van der Waals surface area contributed by atoms with Gasteiger partial charge in [0, 0.05) is 42.5 Å². The molecule has 0 spiro atoms. The maximum atomic E-state index is 15.7. The number of anilines is 4. The van der Waals surface area contributed by atoms with Crippen molar-refractivity contribution in [3.05, 3.63) is 64.7 Å². The Morgan fingerprint density at radius 1 is 1.09 bits per heavy atom. The third-order valence-electron chi connectivity index (χ3n) is 7.23. The van der Waals surface area contributed by atoms with Crippen LogP contribution in [0.25, 0.3) is 0 Å². The van der Waals surface area contributed by atoms with Gasteiger partial charge in [-0.2, -0.15) is 5.10 Å². The van der Waals surface area contributed by atoms with Crippen molar-refractivity contribution in [1.29, 1.82) is 0 Å². The van der Waals surface area contributed by atoms with Crippen molar-refractivity contribution in [2.75, 3.05) is 33.5 Å². The molecule has 0 amide bonds. The van der Waals surface area contributed by atoms with Crippen LogP contribution in [0.4, 0.5) is 35.9 Å². The topological polar surface area (TPSA) is 68.6 Å². The number of rotatable bonds is 3. The highest BCUT2D eigenvalue weighted by molar-refractivity contribution is 5.79. The average molecular weight is 485 g/mol. The van der Waals surface area contributed by atoms with Crippen LogP contribution >= 0.6 is 0 Å². The molecule has 0 saturated carbocycles. The van der Waals surface area contributed by atoms with Gasteiger partial charge in [-0.05, 0) is 44.2 Å². The zero-order valence-electron chi connectivity index (χ0n) is 19.7. The molecule has 1 fully saturated rings. The predicted molar refractivity (Wildman–Crippen MR) is 129 cm³/mol. The predicted octanol–water partition coefficient (Wildman–Crippen LogP) is 4.50. The first-order valence-corrected chi connectivity index (χ1v) is 11.7. The van der Waals surface area contributed by atoms with Crippen LogP contribution in [0.3, 0.4) is 0 Å². The van der Waals surface area contributed by atoms with E-state index in [4.69, 9.17) is 0 Å². The van der Waals surface area contributed by atoms with Crippen LogP contribution in [0.1, 0.15) is 48.1 Å². The van der Waals surface area contributed by atoms with Crippen LogP contribution in [0.5, 0.6) is 0 Å². The van der Waals surface area contributed by atoms with Gasteiger partial charge in [-0.25, -0.2) is 13.2 Å². The summed E-state index contributed by atoms with van der Waals surface area (Å²) in [6.45, 7) is 3.59. The van der Waals surface area contributed by atoms with E-state index in [1.807, 2.05) is 32.0 Å². The van der Waals surface area contributed by atoms with Gasteiger partial charge >= 0.3 is 0 Å². The fourth-order valence-electron chi connectivity index (χ4n) is 5.67. The Morgan fingerprint density at radius 3 is 2.54 bits per heavy atom. The zero-order valence-corrected chi connectivity index (χ0v) is 19.7. The number of aliphatic hydroxyl groups excluding tert-OH is 1. The van der Waals surface area contributed by atoms with E-state index in [1.54, 1.807) is 28.8 Å². The van der Waals surface area contributed by atoms with Gasteiger partial charge in [-0.1, -0.05) is 6.07 Å². The second-order valence-corrected chi connectivity index (χ2v) is 9.66. The van der Waals surface area contributed by atoms with Crippen molar-refractivity contribution in [1.82, 2.24) is 9.78 Å². The van der Waals surface area contributed by atoms with Crippen molar-refractivity contribution in [2.45, 2.75) is 44.6 Å². The van der Waals surface area contributed by atoms with E-state index in [1.165, 1.54) is 11.0 Å². The summed E-state index contributed by atoms with van der Waals surface area (Å²) in [6.07, 6.45) is -1.19. The summed E-state index contributed by atoms with van der Waals surface area (Å²) in [7, 11) is 1.78. The number of halogens is 3. The van der Waals surface area contributed by atoms with Gasteiger partial charge in [0.25, 0.3) is 5.92 Å². The first kappa shape index (κ1) is 22.1. The van der Waals surface area contributed by atoms with Crippen LogP contribution in [-0.2, 0) is 7.05 Å². The molecule has 35 heavy (non-hydrogen) atoms. The summed E-state index contributed by atoms with van der Waals surface area (Å²) in [5.41, 5.74) is 5.39. The van der Waals surface area contributed by atoms with Gasteiger partial charge in [0.05, 0.1) is 35.5 Å². The number of aliphatic hydroxyl groups is 1. The maximum absolute atomic E-state index is 15.7. The summed E-state index contributed by atoms with van der Waals surface area (Å²) in [5, 5.41) is 22.6. The fraction of sp³-hybridized carbons (Fsp3) is 0.400. The molecule has 7 nitrogen and oxygen atoms in total. The van der Waals surface area contributed by atoms with Crippen LogP contribution in [0.2, 0.25) is 0 Å². The lowest BCUT2D eigenvalue weighted by molar-refractivity contribution is 0.0257. The largest absolute Gasteiger partial charge is 0.369 e. The van der Waals surface area contributed by atoms with Crippen molar-refractivity contribution in [3.8, 4) is 0 Å². The monoisotopic (exact) mass is 484 g/mol. The second-order valence-electron chi connectivity index (χ2n) is 9.66. The highest BCUT2D eigenvalue weighted by atomic mass is 19.3. The Morgan fingerprint density at radius 2 is 1.83 bits per heavy atom. The van der Waals surface area contributed by atoms with Crippen molar-refractivity contribution in [3.63, 3.8) is 0 Å². The lowest BCUT2D eigenvalue weighted by Gasteiger charge is -2.32. The third kappa shape index (κ3) is 3.42. The number of hydrogen-bond acceptors (Lipinski definition) is 6. The van der Waals surface area contributed by atoms with Crippen molar-refractivity contribution in [2.24, 2.45) is 7.05 Å². The standard InChI is InChI=1S/C25H27F3N6O/c1-13-21-23(32(3)31-13)22(17-6-4-15(10-18(17)26)33-9-8-25(27,28)12-33)34(24(21)35)16-5-7-19-20(11-16)30-14(2)29-19/h4-7,10-11,14,22,24,29-30,35H,8-9,12H2,1-3H3. The molecule has 1 aromatic heterocycles. The van der Waals surface area contributed by atoms with E-state index < -0.39 is 30.6 Å². The minimum Gasteiger partial charge on any atom is -0.369 e. The van der Waals surface area contributed by atoms with Crippen molar-refractivity contribution < 1.29 is 18.3 Å². The normalized spacial score (nSPS) is 24.4. The quantitative estimate of drug-likeness (QED) is 0.509. The Bertz CT molecular complexity index is 1320. The number of nitrogens with zero attached hydrogens (tertiary/aromatic N) is 4. The summed E-state index contributed by atoms with van der Waals surface area (Å²) in [5.74, 6) is -3.28. The van der Waals surface area contributed by atoms with Crippen LogP contribution in [-0.4, -0.2) is 40.1 Å². The van der Waals surface area contributed by atoms with Gasteiger partial charge in [-0.3, -0.25) is 4.68 Å². The van der Waals surface area contributed by atoms with E-state index in [0.717, 1.165) is 17.1 Å². The lowest BCUT2D eigenvalue weighted by atomic mass is 10.0. The molecular formula is C25H27F3N6O.